The van der Waals surface area contributed by atoms with Crippen LogP contribution in [-0.4, -0.2) is 18.8 Å². The van der Waals surface area contributed by atoms with Gasteiger partial charge in [0.25, 0.3) is 0 Å². The second-order valence-electron chi connectivity index (χ2n) is 4.66. The molecule has 0 saturated carbocycles. The molecule has 0 bridgehead atoms. The van der Waals surface area contributed by atoms with Gasteiger partial charge < -0.3 is 9.84 Å². The number of methoxy groups -OCH3 is 1. The van der Waals surface area contributed by atoms with Crippen molar-refractivity contribution in [2.24, 2.45) is 0 Å². The summed E-state index contributed by atoms with van der Waals surface area (Å²) < 4.78 is 7.31. The van der Waals surface area contributed by atoms with E-state index < -0.39 is 0 Å². The van der Waals surface area contributed by atoms with E-state index in [0.29, 0.717) is 11.6 Å². The first-order valence-corrected chi connectivity index (χ1v) is 6.81. The highest BCUT2D eigenvalue weighted by Crippen LogP contribution is 2.28. The number of pyridine rings is 1. The van der Waals surface area contributed by atoms with Gasteiger partial charge in [0.1, 0.15) is 12.4 Å². The zero-order chi connectivity index (χ0) is 14.1. The minimum absolute atomic E-state index is 0.0951. The number of halogens is 1. The first-order chi connectivity index (χ1) is 9.72. The normalized spacial score (nSPS) is 11.2. The van der Waals surface area contributed by atoms with E-state index in [1.54, 1.807) is 7.11 Å². The van der Waals surface area contributed by atoms with Crippen LogP contribution >= 0.6 is 11.6 Å². The van der Waals surface area contributed by atoms with Crippen molar-refractivity contribution >= 4 is 33.3 Å². The molecule has 1 aromatic heterocycles. The molecule has 3 aromatic rings. The third-order valence-electron chi connectivity index (χ3n) is 3.45. The summed E-state index contributed by atoms with van der Waals surface area (Å²) in [5.41, 5.74) is 1.06. The van der Waals surface area contributed by atoms with Gasteiger partial charge in [0.05, 0.1) is 17.9 Å². The molecule has 1 heterocycles. The molecule has 2 aromatic carbocycles. The summed E-state index contributed by atoms with van der Waals surface area (Å²) in [7, 11) is 1.65. The number of hydrogen-bond donors (Lipinski definition) is 1. The molecule has 0 atom stereocenters. The van der Waals surface area contributed by atoms with Gasteiger partial charge in [-0.3, -0.25) is 0 Å². The lowest BCUT2D eigenvalue weighted by Crippen LogP contribution is -2.36. The number of benzene rings is 2. The highest BCUT2D eigenvalue weighted by atomic mass is 35.5. The lowest BCUT2D eigenvalue weighted by molar-refractivity contribution is -0.671. The van der Waals surface area contributed by atoms with E-state index in [2.05, 4.69) is 0 Å². The van der Waals surface area contributed by atoms with Crippen LogP contribution in [0.25, 0.3) is 21.7 Å². The second kappa shape index (κ2) is 5.27. The molecule has 3 rings (SSSR count). The maximum Gasteiger partial charge on any atom is 0.213 e. The Kier molecular flexibility index (Phi) is 3.47. The van der Waals surface area contributed by atoms with Gasteiger partial charge in [0.2, 0.25) is 5.52 Å². The van der Waals surface area contributed by atoms with E-state index in [9.17, 15) is 5.11 Å². The molecule has 0 aliphatic heterocycles. The van der Waals surface area contributed by atoms with Gasteiger partial charge in [0.15, 0.2) is 12.7 Å². The van der Waals surface area contributed by atoms with Gasteiger partial charge in [-0.25, -0.2) is 0 Å². The summed E-state index contributed by atoms with van der Waals surface area (Å²) in [6.07, 6.45) is 2.03. The minimum Gasteiger partial charge on any atom is -0.497 e. The zero-order valence-electron chi connectivity index (χ0n) is 11.1. The van der Waals surface area contributed by atoms with Crippen molar-refractivity contribution in [2.75, 3.05) is 13.7 Å². The highest BCUT2D eigenvalue weighted by Gasteiger charge is 2.14. The van der Waals surface area contributed by atoms with Gasteiger partial charge >= 0.3 is 0 Å². The van der Waals surface area contributed by atoms with Crippen molar-refractivity contribution in [1.29, 1.82) is 0 Å². The smallest absolute Gasteiger partial charge is 0.213 e. The molecule has 0 spiro atoms. The largest absolute Gasteiger partial charge is 0.497 e. The maximum absolute atomic E-state index is 9.24. The highest BCUT2D eigenvalue weighted by molar-refractivity contribution is 6.31. The Morgan fingerprint density at radius 3 is 2.75 bits per heavy atom. The number of aliphatic hydroxyl groups is 1. The van der Waals surface area contributed by atoms with Crippen molar-refractivity contribution in [3.8, 4) is 5.75 Å². The Morgan fingerprint density at radius 1 is 1.15 bits per heavy atom. The average molecular weight is 289 g/mol. The molecule has 0 fully saturated rings. The van der Waals surface area contributed by atoms with Gasteiger partial charge in [-0.1, -0.05) is 11.6 Å². The molecular formula is C16H15ClNO2+. The number of rotatable bonds is 3. The van der Waals surface area contributed by atoms with Crippen LogP contribution in [0.3, 0.4) is 0 Å². The van der Waals surface area contributed by atoms with Crippen molar-refractivity contribution in [3.05, 3.63) is 47.6 Å². The SMILES string of the molecule is COc1ccc2c(c1)c[n+](CCO)c1ccc(Cl)cc21. The number of aromatic nitrogens is 1. The minimum atomic E-state index is 0.0951. The second-order valence-corrected chi connectivity index (χ2v) is 5.10. The Bertz CT molecular complexity index is 786. The summed E-state index contributed by atoms with van der Waals surface area (Å²) in [5.74, 6) is 0.814. The molecule has 4 heteroatoms. The van der Waals surface area contributed by atoms with E-state index >= 15 is 0 Å². The van der Waals surface area contributed by atoms with Crippen LogP contribution in [0.5, 0.6) is 5.75 Å². The Hall–Kier alpha value is -1.84. The summed E-state index contributed by atoms with van der Waals surface area (Å²) in [4.78, 5) is 0. The molecule has 0 radical (unpaired) electrons. The molecule has 0 unspecified atom stereocenters. The van der Waals surface area contributed by atoms with Crippen LogP contribution in [0.4, 0.5) is 0 Å². The number of fused-ring (bicyclic) bond motifs is 3. The van der Waals surface area contributed by atoms with Gasteiger partial charge in [0, 0.05) is 16.5 Å². The van der Waals surface area contributed by atoms with Gasteiger partial charge in [-0.15, -0.1) is 0 Å². The first-order valence-electron chi connectivity index (χ1n) is 6.43. The molecule has 0 amide bonds. The van der Waals surface area contributed by atoms with Crippen molar-refractivity contribution in [1.82, 2.24) is 0 Å². The predicted molar refractivity (Wildman–Crippen MR) is 80.3 cm³/mol. The molecule has 0 aliphatic carbocycles. The lowest BCUT2D eigenvalue weighted by atomic mass is 10.1. The average Bonchev–Trinajstić information content (AvgIpc) is 2.46. The van der Waals surface area contributed by atoms with E-state index in [0.717, 1.165) is 27.4 Å². The molecule has 102 valence electrons. The van der Waals surface area contributed by atoms with E-state index in [1.165, 1.54) is 0 Å². The van der Waals surface area contributed by atoms with Gasteiger partial charge in [-0.2, -0.15) is 4.57 Å². The Balaban J connectivity index is 2.40. The Labute approximate surface area is 122 Å². The molecule has 3 nitrogen and oxygen atoms in total. The van der Waals surface area contributed by atoms with Crippen LogP contribution in [-0.2, 0) is 6.54 Å². The summed E-state index contributed by atoms with van der Waals surface area (Å²) in [6, 6.07) is 11.8. The summed E-state index contributed by atoms with van der Waals surface area (Å²) >= 11 is 6.12. The van der Waals surface area contributed by atoms with Crippen molar-refractivity contribution in [3.63, 3.8) is 0 Å². The quantitative estimate of drug-likeness (QED) is 0.594. The van der Waals surface area contributed by atoms with Crippen molar-refractivity contribution in [2.45, 2.75) is 6.54 Å². The third kappa shape index (κ3) is 2.19. The Morgan fingerprint density at radius 2 is 2.00 bits per heavy atom. The lowest BCUT2D eigenvalue weighted by Gasteiger charge is -2.07. The van der Waals surface area contributed by atoms with Gasteiger partial charge in [-0.05, 0) is 30.3 Å². The van der Waals surface area contributed by atoms with Crippen LogP contribution in [0, 0.1) is 0 Å². The molecule has 0 aliphatic rings. The maximum atomic E-state index is 9.24. The zero-order valence-corrected chi connectivity index (χ0v) is 11.9. The fourth-order valence-electron chi connectivity index (χ4n) is 2.52. The summed E-state index contributed by atoms with van der Waals surface area (Å²) in [5, 5.41) is 13.2. The number of ether oxygens (including phenoxy) is 1. The van der Waals surface area contributed by atoms with E-state index in [4.69, 9.17) is 16.3 Å². The summed E-state index contributed by atoms with van der Waals surface area (Å²) in [6.45, 7) is 0.642. The first kappa shape index (κ1) is 13.2. The molecule has 20 heavy (non-hydrogen) atoms. The number of hydrogen-bond acceptors (Lipinski definition) is 2. The third-order valence-corrected chi connectivity index (χ3v) is 3.69. The standard InChI is InChI=1S/C16H15ClNO2/c1-20-13-3-4-14-11(8-13)10-18(6-7-19)16-5-2-12(17)9-15(14)16/h2-5,8-10,19H,6-7H2,1H3/q+1. The monoisotopic (exact) mass is 288 g/mol. The fraction of sp³-hybridized carbons (Fsp3) is 0.188. The number of aliphatic hydroxyl groups excluding tert-OH is 1. The predicted octanol–water partition coefficient (Wildman–Crippen LogP) is 2.93. The van der Waals surface area contributed by atoms with E-state index in [1.807, 2.05) is 47.2 Å². The fourth-order valence-corrected chi connectivity index (χ4v) is 2.70. The molecule has 1 N–H and O–H groups in total. The van der Waals surface area contributed by atoms with Crippen LogP contribution in [0.1, 0.15) is 0 Å². The van der Waals surface area contributed by atoms with Crippen LogP contribution < -0.4 is 9.30 Å². The molecule has 0 saturated heterocycles. The van der Waals surface area contributed by atoms with Crippen LogP contribution in [0.2, 0.25) is 5.02 Å². The van der Waals surface area contributed by atoms with Crippen molar-refractivity contribution < 1.29 is 14.4 Å². The molecular weight excluding hydrogens is 274 g/mol. The topological polar surface area (TPSA) is 33.3 Å². The van der Waals surface area contributed by atoms with Crippen LogP contribution in [0.15, 0.2) is 42.6 Å². The van der Waals surface area contributed by atoms with E-state index in [-0.39, 0.29) is 6.61 Å². The number of nitrogens with zero attached hydrogens (tertiary/aromatic N) is 1.